The largest absolute Gasteiger partial charge is 0.454 e. The summed E-state index contributed by atoms with van der Waals surface area (Å²) >= 11 is 1.19. The molecule has 33 heavy (non-hydrogen) atoms. The number of amides is 2. The number of benzene rings is 2. The van der Waals surface area contributed by atoms with E-state index in [0.717, 1.165) is 5.56 Å². The maximum absolute atomic E-state index is 13.3. The summed E-state index contributed by atoms with van der Waals surface area (Å²) in [6.45, 7) is 0.177. The molecule has 164 valence electrons. The molecule has 9 heteroatoms. The van der Waals surface area contributed by atoms with Crippen LogP contribution < -0.4 is 19.7 Å². The molecule has 5 rings (SSSR count). The maximum Gasteiger partial charge on any atom is 0.283 e. The fraction of sp³-hybridized carbons (Fsp3) is 0.0833. The molecule has 3 aromatic rings. The number of hydrogen-bond donors (Lipinski definition) is 1. The van der Waals surface area contributed by atoms with Gasteiger partial charge in [0.1, 0.15) is 5.70 Å². The summed E-state index contributed by atoms with van der Waals surface area (Å²) in [6, 6.07) is 18.2. The number of fused-ring (bicyclic) bond motifs is 1. The molecular formula is C24H18N4O4S. The van der Waals surface area contributed by atoms with Crippen molar-refractivity contribution in [1.29, 1.82) is 0 Å². The van der Waals surface area contributed by atoms with E-state index in [4.69, 9.17) is 9.47 Å². The summed E-state index contributed by atoms with van der Waals surface area (Å²) in [6.07, 6.45) is 4.90. The number of nitrogens with one attached hydrogen (secondary N) is 1. The number of rotatable bonds is 5. The molecule has 2 aliphatic heterocycles. The minimum absolute atomic E-state index is 0.0850. The van der Waals surface area contributed by atoms with Gasteiger partial charge in [0.2, 0.25) is 12.7 Å². The van der Waals surface area contributed by atoms with Crippen molar-refractivity contribution in [3.63, 3.8) is 0 Å². The Morgan fingerprint density at radius 2 is 1.94 bits per heavy atom. The lowest BCUT2D eigenvalue weighted by Gasteiger charge is -2.17. The van der Waals surface area contributed by atoms with E-state index in [1.54, 1.807) is 42.7 Å². The molecule has 0 radical (unpaired) electrons. The van der Waals surface area contributed by atoms with Crippen molar-refractivity contribution in [2.24, 2.45) is 4.99 Å². The Balaban J connectivity index is 1.38. The zero-order valence-corrected chi connectivity index (χ0v) is 18.1. The fourth-order valence-corrected chi connectivity index (χ4v) is 4.14. The van der Waals surface area contributed by atoms with Gasteiger partial charge in [-0.05, 0) is 48.0 Å². The van der Waals surface area contributed by atoms with E-state index >= 15 is 0 Å². The second-order valence-electron chi connectivity index (χ2n) is 7.09. The minimum atomic E-state index is -0.269. The lowest BCUT2D eigenvalue weighted by atomic mass is 10.1. The van der Waals surface area contributed by atoms with Crippen molar-refractivity contribution in [3.8, 4) is 11.5 Å². The van der Waals surface area contributed by atoms with Gasteiger partial charge in [0.25, 0.3) is 5.91 Å². The van der Waals surface area contributed by atoms with Gasteiger partial charge in [0.15, 0.2) is 16.7 Å². The molecule has 0 aliphatic carbocycles. The molecule has 1 N–H and O–H groups in total. The average Bonchev–Trinajstić information content (AvgIpc) is 3.43. The van der Waals surface area contributed by atoms with Crippen molar-refractivity contribution in [1.82, 2.24) is 4.98 Å². The molecule has 0 unspecified atom stereocenters. The molecule has 2 aromatic carbocycles. The molecule has 0 saturated heterocycles. The van der Waals surface area contributed by atoms with E-state index in [1.807, 2.05) is 36.4 Å². The van der Waals surface area contributed by atoms with E-state index in [0.29, 0.717) is 28.0 Å². The number of thioether (sulfide) groups is 1. The first kappa shape index (κ1) is 20.8. The van der Waals surface area contributed by atoms with Crippen LogP contribution >= 0.6 is 11.8 Å². The van der Waals surface area contributed by atoms with Crippen LogP contribution in [0.5, 0.6) is 11.5 Å². The van der Waals surface area contributed by atoms with E-state index in [9.17, 15) is 9.59 Å². The predicted octanol–water partition coefficient (Wildman–Crippen LogP) is 3.93. The van der Waals surface area contributed by atoms with Crippen molar-refractivity contribution in [2.75, 3.05) is 22.8 Å². The van der Waals surface area contributed by atoms with Gasteiger partial charge in [0.05, 0.1) is 23.3 Å². The molecule has 8 nitrogen and oxygen atoms in total. The van der Waals surface area contributed by atoms with Crippen LogP contribution in [0.4, 0.5) is 11.4 Å². The van der Waals surface area contributed by atoms with Gasteiger partial charge in [-0.15, -0.1) is 0 Å². The van der Waals surface area contributed by atoms with Crippen molar-refractivity contribution in [2.45, 2.75) is 0 Å². The second-order valence-corrected chi connectivity index (χ2v) is 8.03. The Morgan fingerprint density at radius 1 is 1.09 bits per heavy atom. The van der Waals surface area contributed by atoms with Gasteiger partial charge in [-0.25, -0.2) is 4.99 Å². The molecule has 0 bridgehead atoms. The highest BCUT2D eigenvalue weighted by Crippen LogP contribution is 2.34. The number of carbonyl (C=O) groups is 2. The summed E-state index contributed by atoms with van der Waals surface area (Å²) in [5, 5.41) is 3.22. The number of aromatic nitrogens is 1. The highest BCUT2D eigenvalue weighted by atomic mass is 32.2. The number of hydrogen-bond acceptors (Lipinski definition) is 7. The number of anilines is 2. The van der Waals surface area contributed by atoms with Crippen LogP contribution in [-0.2, 0) is 9.59 Å². The van der Waals surface area contributed by atoms with Crippen LogP contribution in [0.3, 0.4) is 0 Å². The third-order valence-electron chi connectivity index (χ3n) is 4.82. The number of nitrogens with zero attached hydrogens (tertiary/aromatic N) is 3. The van der Waals surface area contributed by atoms with Gasteiger partial charge in [-0.2, -0.15) is 0 Å². The first-order valence-electron chi connectivity index (χ1n) is 10.1. The van der Waals surface area contributed by atoms with Crippen LogP contribution in [0.25, 0.3) is 6.08 Å². The molecule has 1 aromatic heterocycles. The molecular weight excluding hydrogens is 440 g/mol. The van der Waals surface area contributed by atoms with E-state index in [1.165, 1.54) is 16.7 Å². The van der Waals surface area contributed by atoms with Crippen molar-refractivity contribution in [3.05, 3.63) is 84.3 Å². The highest BCUT2D eigenvalue weighted by molar-refractivity contribution is 8.14. The molecule has 2 amide bonds. The van der Waals surface area contributed by atoms with Crippen LogP contribution in [-0.4, -0.2) is 34.5 Å². The lowest BCUT2D eigenvalue weighted by molar-refractivity contribution is -0.114. The topological polar surface area (TPSA) is 93.1 Å². The summed E-state index contributed by atoms with van der Waals surface area (Å²) in [4.78, 5) is 35.7. The Bertz CT molecular complexity index is 1260. The third-order valence-corrected chi connectivity index (χ3v) is 5.76. The normalized spacial score (nSPS) is 15.6. The van der Waals surface area contributed by atoms with Crippen LogP contribution in [0.1, 0.15) is 5.56 Å². The molecule has 0 fully saturated rings. The average molecular weight is 458 g/mol. The predicted molar refractivity (Wildman–Crippen MR) is 127 cm³/mol. The summed E-state index contributed by atoms with van der Waals surface area (Å²) < 4.78 is 10.8. The number of aliphatic imine (C=N–C) groups is 1. The van der Waals surface area contributed by atoms with E-state index in [2.05, 4.69) is 15.3 Å². The Labute approximate surface area is 193 Å². The molecule has 3 heterocycles. The summed E-state index contributed by atoms with van der Waals surface area (Å²) in [7, 11) is 0. The monoisotopic (exact) mass is 458 g/mol. The highest BCUT2D eigenvalue weighted by Gasteiger charge is 2.32. The van der Waals surface area contributed by atoms with E-state index in [-0.39, 0.29) is 30.1 Å². The molecule has 0 spiro atoms. The molecule has 2 aliphatic rings. The minimum Gasteiger partial charge on any atom is -0.454 e. The standard InChI is InChI=1S/C24H18N4O4S/c29-22(26-17-5-4-10-25-13-17)14-33-24-27-19(23(30)28(24)18-6-2-1-3-7-18)11-16-8-9-20-21(12-16)32-15-31-20/h1-13H,14-15H2,(H,26,29)/b19-11+. The zero-order valence-electron chi connectivity index (χ0n) is 17.3. The van der Waals surface area contributed by atoms with Crippen LogP contribution in [0, 0.1) is 0 Å². The number of amidine groups is 1. The molecule has 0 saturated carbocycles. The van der Waals surface area contributed by atoms with Gasteiger partial charge in [-0.1, -0.05) is 36.0 Å². The lowest BCUT2D eigenvalue weighted by Crippen LogP contribution is -2.31. The van der Waals surface area contributed by atoms with Crippen LogP contribution in [0.15, 0.2) is 83.7 Å². The van der Waals surface area contributed by atoms with Gasteiger partial charge in [0, 0.05) is 6.20 Å². The number of para-hydroxylation sites is 1. The summed E-state index contributed by atoms with van der Waals surface area (Å²) in [5.74, 6) is 0.890. The van der Waals surface area contributed by atoms with Gasteiger partial charge < -0.3 is 14.8 Å². The Hall–Kier alpha value is -4.11. The smallest absolute Gasteiger partial charge is 0.283 e. The second kappa shape index (κ2) is 9.17. The zero-order chi connectivity index (χ0) is 22.6. The summed E-state index contributed by atoms with van der Waals surface area (Å²) in [5.41, 5.74) is 2.32. The van der Waals surface area contributed by atoms with Gasteiger partial charge >= 0.3 is 0 Å². The maximum atomic E-state index is 13.3. The van der Waals surface area contributed by atoms with Gasteiger partial charge in [-0.3, -0.25) is 19.5 Å². The fourth-order valence-electron chi connectivity index (χ4n) is 3.32. The molecule has 0 atom stereocenters. The quantitative estimate of drug-likeness (QED) is 0.583. The van der Waals surface area contributed by atoms with E-state index < -0.39 is 0 Å². The number of carbonyl (C=O) groups excluding carboxylic acids is 2. The SMILES string of the molecule is O=C(CSC1=N/C(=C/c2ccc3c(c2)OCO3)C(=O)N1c1ccccc1)Nc1cccnc1. The number of pyridine rings is 1. The Kier molecular flexibility index (Phi) is 5.77. The Morgan fingerprint density at radius 3 is 2.76 bits per heavy atom. The van der Waals surface area contributed by atoms with Crippen molar-refractivity contribution < 1.29 is 19.1 Å². The van der Waals surface area contributed by atoms with Crippen molar-refractivity contribution >= 4 is 46.2 Å². The first-order valence-corrected chi connectivity index (χ1v) is 11.1. The first-order chi connectivity index (χ1) is 16.2. The number of ether oxygens (including phenoxy) is 2. The van der Waals surface area contributed by atoms with Crippen LogP contribution in [0.2, 0.25) is 0 Å². The third kappa shape index (κ3) is 4.58.